The fourth-order valence-corrected chi connectivity index (χ4v) is 5.19. The molecule has 1 atom stereocenters. The number of amides is 2. The first kappa shape index (κ1) is 29.3. The number of anilines is 1. The van der Waals surface area contributed by atoms with Crippen LogP contribution in [0.5, 0.6) is 5.75 Å². The fraction of sp³-hybridized carbons (Fsp3) is 0.462. The van der Waals surface area contributed by atoms with Gasteiger partial charge in [0.1, 0.15) is 18.3 Å². The summed E-state index contributed by atoms with van der Waals surface area (Å²) < 4.78 is 70.8. The first-order chi connectivity index (χ1) is 17.8. The maximum Gasteiger partial charge on any atom is 0.416 e. The van der Waals surface area contributed by atoms with Gasteiger partial charge in [0, 0.05) is 12.6 Å². The number of benzene rings is 2. The van der Waals surface area contributed by atoms with Gasteiger partial charge in [-0.1, -0.05) is 31.0 Å². The molecule has 2 aromatic carbocycles. The van der Waals surface area contributed by atoms with Crippen LogP contribution in [0.2, 0.25) is 0 Å². The van der Waals surface area contributed by atoms with Gasteiger partial charge in [-0.3, -0.25) is 13.9 Å². The van der Waals surface area contributed by atoms with Crippen LogP contribution in [0.15, 0.2) is 48.5 Å². The smallest absolute Gasteiger partial charge is 0.416 e. The molecule has 1 aliphatic carbocycles. The molecular formula is C26H32F3N3O5S. The molecule has 0 spiro atoms. The van der Waals surface area contributed by atoms with Crippen molar-refractivity contribution in [2.75, 3.05) is 24.2 Å². The average Bonchev–Trinajstić information content (AvgIpc) is 3.37. The molecule has 0 heterocycles. The fourth-order valence-electron chi connectivity index (χ4n) is 4.35. The van der Waals surface area contributed by atoms with E-state index in [-0.39, 0.29) is 24.2 Å². The molecule has 2 aromatic rings. The summed E-state index contributed by atoms with van der Waals surface area (Å²) in [6.07, 6.45) is -0.228. The van der Waals surface area contributed by atoms with Crippen LogP contribution in [0.1, 0.15) is 43.7 Å². The Morgan fingerprint density at radius 2 is 1.74 bits per heavy atom. The maximum absolute atomic E-state index is 13.6. The lowest BCUT2D eigenvalue weighted by molar-refractivity contribution is -0.139. The second kappa shape index (κ2) is 12.1. The van der Waals surface area contributed by atoms with Crippen LogP contribution >= 0.6 is 0 Å². The van der Waals surface area contributed by atoms with E-state index in [0.29, 0.717) is 21.7 Å². The number of hydrogen-bond acceptors (Lipinski definition) is 5. The van der Waals surface area contributed by atoms with Crippen molar-refractivity contribution in [3.05, 3.63) is 59.7 Å². The molecule has 1 N–H and O–H groups in total. The maximum atomic E-state index is 13.6. The number of alkyl halides is 3. The molecule has 0 radical (unpaired) electrons. The van der Waals surface area contributed by atoms with E-state index in [2.05, 4.69) is 5.32 Å². The van der Waals surface area contributed by atoms with E-state index in [1.807, 2.05) is 0 Å². The van der Waals surface area contributed by atoms with Crippen LogP contribution in [0, 0.1) is 0 Å². The molecule has 1 aliphatic rings. The van der Waals surface area contributed by atoms with Crippen molar-refractivity contribution >= 4 is 27.5 Å². The number of ether oxygens (including phenoxy) is 1. The minimum absolute atomic E-state index is 0.000477. The average molecular weight is 556 g/mol. The van der Waals surface area contributed by atoms with E-state index in [0.717, 1.165) is 44.1 Å². The van der Waals surface area contributed by atoms with Crippen LogP contribution in [-0.4, -0.2) is 57.1 Å². The van der Waals surface area contributed by atoms with E-state index in [4.69, 9.17) is 4.74 Å². The second-order valence-corrected chi connectivity index (χ2v) is 11.3. The monoisotopic (exact) mass is 555 g/mol. The number of carbonyl (C=O) groups excluding carboxylic acids is 2. The molecule has 1 saturated carbocycles. The molecule has 0 saturated heterocycles. The van der Waals surface area contributed by atoms with Gasteiger partial charge >= 0.3 is 6.18 Å². The number of methoxy groups -OCH3 is 1. The van der Waals surface area contributed by atoms with Gasteiger partial charge in [0.2, 0.25) is 21.8 Å². The number of carbonyl (C=O) groups is 2. The molecule has 0 aromatic heterocycles. The summed E-state index contributed by atoms with van der Waals surface area (Å²) in [5.74, 6) is -0.534. The normalized spacial score (nSPS) is 15.1. The summed E-state index contributed by atoms with van der Waals surface area (Å²) in [4.78, 5) is 27.9. The van der Waals surface area contributed by atoms with E-state index in [1.165, 1.54) is 18.1 Å². The third-order valence-electron chi connectivity index (χ3n) is 6.52. The Bertz CT molecular complexity index is 1230. The summed E-state index contributed by atoms with van der Waals surface area (Å²) in [6, 6.07) is 9.59. The second-order valence-electron chi connectivity index (χ2n) is 9.35. The van der Waals surface area contributed by atoms with Gasteiger partial charge in [-0.05, 0) is 55.7 Å². The lowest BCUT2D eigenvalue weighted by Crippen LogP contribution is -2.52. The van der Waals surface area contributed by atoms with Crippen molar-refractivity contribution < 1.29 is 35.9 Å². The van der Waals surface area contributed by atoms with E-state index in [9.17, 15) is 31.2 Å². The number of nitrogens with zero attached hydrogens (tertiary/aromatic N) is 2. The van der Waals surface area contributed by atoms with E-state index < -0.39 is 40.3 Å². The summed E-state index contributed by atoms with van der Waals surface area (Å²) >= 11 is 0. The van der Waals surface area contributed by atoms with Crippen molar-refractivity contribution in [1.82, 2.24) is 10.2 Å². The Labute approximate surface area is 220 Å². The highest BCUT2D eigenvalue weighted by Crippen LogP contribution is 2.32. The zero-order chi connectivity index (χ0) is 28.1. The zero-order valence-corrected chi connectivity index (χ0v) is 22.3. The zero-order valence-electron chi connectivity index (χ0n) is 21.5. The van der Waals surface area contributed by atoms with E-state index in [1.54, 1.807) is 31.2 Å². The first-order valence-electron chi connectivity index (χ1n) is 12.2. The van der Waals surface area contributed by atoms with Gasteiger partial charge in [0.05, 0.1) is 24.6 Å². The summed E-state index contributed by atoms with van der Waals surface area (Å²) in [6.45, 7) is 0.736. The molecule has 0 unspecified atom stereocenters. The van der Waals surface area contributed by atoms with Gasteiger partial charge in [-0.2, -0.15) is 13.2 Å². The highest BCUT2D eigenvalue weighted by molar-refractivity contribution is 7.92. The Hall–Kier alpha value is -3.28. The number of sulfonamides is 1. The molecule has 208 valence electrons. The lowest BCUT2D eigenvalue weighted by Gasteiger charge is -2.32. The minimum atomic E-state index is -4.70. The third-order valence-corrected chi connectivity index (χ3v) is 7.66. The van der Waals surface area contributed by atoms with Crippen molar-refractivity contribution in [3.63, 3.8) is 0 Å². The van der Waals surface area contributed by atoms with Crippen molar-refractivity contribution in [1.29, 1.82) is 0 Å². The van der Waals surface area contributed by atoms with Crippen molar-refractivity contribution in [2.24, 2.45) is 0 Å². The van der Waals surface area contributed by atoms with Gasteiger partial charge in [0.25, 0.3) is 0 Å². The largest absolute Gasteiger partial charge is 0.497 e. The highest BCUT2D eigenvalue weighted by Gasteiger charge is 2.34. The predicted octanol–water partition coefficient (Wildman–Crippen LogP) is 3.96. The number of halogens is 3. The summed E-state index contributed by atoms with van der Waals surface area (Å²) in [7, 11) is -2.65. The Morgan fingerprint density at radius 3 is 2.29 bits per heavy atom. The number of rotatable bonds is 10. The molecule has 0 bridgehead atoms. The molecule has 38 heavy (non-hydrogen) atoms. The Morgan fingerprint density at radius 1 is 1.11 bits per heavy atom. The van der Waals surface area contributed by atoms with Gasteiger partial charge in [0.15, 0.2) is 0 Å². The Kier molecular flexibility index (Phi) is 9.29. The van der Waals surface area contributed by atoms with Crippen molar-refractivity contribution in [3.8, 4) is 5.75 Å². The topological polar surface area (TPSA) is 96.0 Å². The molecule has 2 amide bonds. The van der Waals surface area contributed by atoms with Crippen LogP contribution < -0.4 is 14.4 Å². The van der Waals surface area contributed by atoms with Gasteiger partial charge in [-0.15, -0.1) is 0 Å². The number of nitrogens with one attached hydrogen (secondary N) is 1. The van der Waals surface area contributed by atoms with Crippen LogP contribution in [0.4, 0.5) is 18.9 Å². The third kappa shape index (κ3) is 7.62. The van der Waals surface area contributed by atoms with Crippen LogP contribution in [-0.2, 0) is 32.3 Å². The summed E-state index contributed by atoms with van der Waals surface area (Å²) in [5.41, 5.74) is -0.691. The summed E-state index contributed by atoms with van der Waals surface area (Å²) in [5, 5.41) is 2.95. The first-order valence-corrected chi connectivity index (χ1v) is 14.0. The quantitative estimate of drug-likeness (QED) is 0.479. The van der Waals surface area contributed by atoms with Crippen LogP contribution in [0.25, 0.3) is 0 Å². The minimum Gasteiger partial charge on any atom is -0.497 e. The molecule has 8 nitrogen and oxygen atoms in total. The molecule has 0 aliphatic heterocycles. The SMILES string of the molecule is COc1ccc(CN(C(=O)CN(c2cccc(C(F)(F)F)c2)S(C)(=O)=O)[C@@H](C)C(=O)NC2CCCC2)cc1. The van der Waals surface area contributed by atoms with Crippen molar-refractivity contribution in [2.45, 2.75) is 57.4 Å². The highest BCUT2D eigenvalue weighted by atomic mass is 32.2. The standard InChI is InChI=1S/C26H32F3N3O5S/c1-18(25(34)30-21-8-4-5-9-21)31(16-19-11-13-23(37-2)14-12-19)24(33)17-32(38(3,35)36)22-10-6-7-20(15-22)26(27,28)29/h6-7,10-15,18,21H,4-5,8-9,16-17H2,1-3H3,(H,30,34)/t18-/m0/s1. The molecule has 12 heteroatoms. The molecular weight excluding hydrogens is 523 g/mol. The molecule has 1 fully saturated rings. The van der Waals surface area contributed by atoms with Gasteiger partial charge in [-0.25, -0.2) is 8.42 Å². The van der Waals surface area contributed by atoms with Gasteiger partial charge < -0.3 is 15.0 Å². The number of hydrogen-bond donors (Lipinski definition) is 1. The lowest BCUT2D eigenvalue weighted by atomic mass is 10.1. The van der Waals surface area contributed by atoms with E-state index >= 15 is 0 Å². The Balaban J connectivity index is 1.91. The predicted molar refractivity (Wildman–Crippen MR) is 137 cm³/mol. The van der Waals surface area contributed by atoms with Crippen LogP contribution in [0.3, 0.4) is 0 Å². The molecule has 3 rings (SSSR count).